The Morgan fingerprint density at radius 3 is 2.67 bits per heavy atom. The Morgan fingerprint density at radius 2 is 1.96 bits per heavy atom. The number of piperidine rings is 1. The highest BCUT2D eigenvalue weighted by Gasteiger charge is 2.20. The molecular formula is C18H18N8S. The van der Waals surface area contributed by atoms with Crippen molar-refractivity contribution in [2.45, 2.75) is 18.9 Å². The summed E-state index contributed by atoms with van der Waals surface area (Å²) in [7, 11) is 0. The highest BCUT2D eigenvalue weighted by atomic mass is 32.1. The Labute approximate surface area is 161 Å². The van der Waals surface area contributed by atoms with E-state index in [-0.39, 0.29) is 0 Å². The summed E-state index contributed by atoms with van der Waals surface area (Å²) in [6, 6.07) is 8.07. The molecule has 0 amide bonds. The Bertz CT molecular complexity index is 911. The van der Waals surface area contributed by atoms with Crippen LogP contribution in [0.3, 0.4) is 0 Å². The fourth-order valence-corrected chi connectivity index (χ4v) is 3.54. The van der Waals surface area contributed by atoms with Crippen molar-refractivity contribution < 1.29 is 0 Å². The Morgan fingerprint density at radius 1 is 1.11 bits per heavy atom. The third-order valence-electron chi connectivity index (χ3n) is 4.38. The van der Waals surface area contributed by atoms with Crippen molar-refractivity contribution in [2.75, 3.05) is 28.6 Å². The minimum Gasteiger partial charge on any atom is -0.367 e. The zero-order valence-electron chi connectivity index (χ0n) is 14.5. The van der Waals surface area contributed by atoms with Gasteiger partial charge in [0.05, 0.1) is 5.56 Å². The zero-order chi connectivity index (χ0) is 18.5. The van der Waals surface area contributed by atoms with Crippen molar-refractivity contribution in [1.82, 2.24) is 19.9 Å². The fourth-order valence-electron chi connectivity index (χ4n) is 3.00. The van der Waals surface area contributed by atoms with E-state index < -0.39 is 0 Å². The summed E-state index contributed by atoms with van der Waals surface area (Å²) in [6.07, 6.45) is 6.90. The summed E-state index contributed by atoms with van der Waals surface area (Å²) in [5, 5.41) is 18.3. The van der Waals surface area contributed by atoms with E-state index in [1.165, 1.54) is 11.3 Å². The van der Waals surface area contributed by atoms with Crippen molar-refractivity contribution >= 4 is 33.9 Å². The molecule has 4 rings (SSSR count). The van der Waals surface area contributed by atoms with Crippen LogP contribution in [0.2, 0.25) is 0 Å². The Hall–Kier alpha value is -3.25. The molecule has 9 heteroatoms. The summed E-state index contributed by atoms with van der Waals surface area (Å²) in [6.45, 7) is 1.82. The van der Waals surface area contributed by atoms with Gasteiger partial charge in [-0.25, -0.2) is 19.9 Å². The van der Waals surface area contributed by atoms with Gasteiger partial charge >= 0.3 is 0 Å². The van der Waals surface area contributed by atoms with Gasteiger partial charge in [-0.15, -0.1) is 11.3 Å². The van der Waals surface area contributed by atoms with Crippen LogP contribution in [-0.4, -0.2) is 39.1 Å². The van der Waals surface area contributed by atoms with Crippen LogP contribution in [-0.2, 0) is 0 Å². The average Bonchev–Trinajstić information content (AvgIpc) is 3.22. The molecule has 0 atom stereocenters. The quantitative estimate of drug-likeness (QED) is 0.698. The van der Waals surface area contributed by atoms with Gasteiger partial charge < -0.3 is 15.5 Å². The molecule has 3 aromatic rings. The highest BCUT2D eigenvalue weighted by Crippen LogP contribution is 2.22. The Balaban J connectivity index is 1.33. The summed E-state index contributed by atoms with van der Waals surface area (Å²) in [5.41, 5.74) is 0.584. The van der Waals surface area contributed by atoms with E-state index in [1.807, 2.05) is 23.6 Å². The second-order valence-corrected chi connectivity index (χ2v) is 7.07. The molecule has 0 spiro atoms. The van der Waals surface area contributed by atoms with E-state index in [0.717, 1.165) is 48.5 Å². The molecule has 136 valence electrons. The molecule has 0 unspecified atom stereocenters. The maximum absolute atomic E-state index is 8.88. The average molecular weight is 378 g/mol. The van der Waals surface area contributed by atoms with E-state index in [1.54, 1.807) is 18.7 Å². The van der Waals surface area contributed by atoms with Gasteiger partial charge in [-0.05, 0) is 25.0 Å². The van der Waals surface area contributed by atoms with Crippen LogP contribution in [0.4, 0.5) is 22.6 Å². The number of hydrogen-bond acceptors (Lipinski definition) is 9. The van der Waals surface area contributed by atoms with Gasteiger partial charge in [0.2, 0.25) is 0 Å². The highest BCUT2D eigenvalue weighted by molar-refractivity contribution is 7.13. The summed E-state index contributed by atoms with van der Waals surface area (Å²) in [4.78, 5) is 19.4. The summed E-state index contributed by atoms with van der Waals surface area (Å²) >= 11 is 1.53. The van der Waals surface area contributed by atoms with Gasteiger partial charge in [-0.3, -0.25) is 0 Å². The van der Waals surface area contributed by atoms with Gasteiger partial charge in [0.1, 0.15) is 29.9 Å². The second kappa shape index (κ2) is 7.97. The lowest BCUT2D eigenvalue weighted by Crippen LogP contribution is -2.39. The van der Waals surface area contributed by atoms with Gasteiger partial charge in [0.15, 0.2) is 5.13 Å². The van der Waals surface area contributed by atoms with Crippen molar-refractivity contribution in [3.63, 3.8) is 0 Å². The number of aromatic nitrogens is 4. The lowest BCUT2D eigenvalue weighted by Gasteiger charge is -2.33. The van der Waals surface area contributed by atoms with E-state index in [2.05, 4.69) is 41.5 Å². The topological polar surface area (TPSA) is 103 Å². The molecule has 2 N–H and O–H groups in total. The van der Waals surface area contributed by atoms with Crippen molar-refractivity contribution in [1.29, 1.82) is 5.26 Å². The van der Waals surface area contributed by atoms with E-state index >= 15 is 0 Å². The number of nitrogens with one attached hydrogen (secondary N) is 2. The number of rotatable bonds is 5. The van der Waals surface area contributed by atoms with Crippen LogP contribution >= 0.6 is 11.3 Å². The number of anilines is 4. The molecule has 3 aromatic heterocycles. The molecule has 0 saturated carbocycles. The number of thiazole rings is 1. The number of pyridine rings is 1. The van der Waals surface area contributed by atoms with Crippen LogP contribution in [0.25, 0.3) is 0 Å². The third-order valence-corrected chi connectivity index (χ3v) is 5.07. The largest absolute Gasteiger partial charge is 0.367 e. The molecule has 1 saturated heterocycles. The van der Waals surface area contributed by atoms with Gasteiger partial charge in [0, 0.05) is 43.0 Å². The lowest BCUT2D eigenvalue weighted by atomic mass is 10.0. The van der Waals surface area contributed by atoms with E-state index in [0.29, 0.717) is 11.6 Å². The molecule has 1 aliphatic heterocycles. The van der Waals surface area contributed by atoms with Crippen LogP contribution < -0.4 is 15.5 Å². The van der Waals surface area contributed by atoms with Gasteiger partial charge in [0.25, 0.3) is 0 Å². The molecule has 0 aromatic carbocycles. The molecule has 27 heavy (non-hydrogen) atoms. The van der Waals surface area contributed by atoms with E-state index in [4.69, 9.17) is 5.26 Å². The smallest absolute Gasteiger partial charge is 0.188 e. The third kappa shape index (κ3) is 4.30. The SMILES string of the molecule is N#Cc1ccc(N2CCC(Nc3cc(Nc4nccs4)ncn3)CC2)nc1. The number of hydrogen-bond donors (Lipinski definition) is 2. The second-order valence-electron chi connectivity index (χ2n) is 6.17. The number of nitriles is 1. The van der Waals surface area contributed by atoms with Crippen LogP contribution in [0.15, 0.2) is 42.3 Å². The zero-order valence-corrected chi connectivity index (χ0v) is 15.4. The van der Waals surface area contributed by atoms with Crippen molar-refractivity contribution in [2.24, 2.45) is 0 Å². The predicted molar refractivity (Wildman–Crippen MR) is 105 cm³/mol. The summed E-state index contributed by atoms with van der Waals surface area (Å²) < 4.78 is 0. The molecule has 4 heterocycles. The molecule has 1 fully saturated rings. The first-order valence-electron chi connectivity index (χ1n) is 8.66. The van der Waals surface area contributed by atoms with Crippen molar-refractivity contribution in [3.8, 4) is 6.07 Å². The first-order chi connectivity index (χ1) is 13.3. The number of nitrogens with zero attached hydrogens (tertiary/aromatic N) is 6. The monoisotopic (exact) mass is 378 g/mol. The predicted octanol–water partition coefficient (Wildman–Crippen LogP) is 3.02. The minimum atomic E-state index is 0.349. The standard InChI is InChI=1S/C18H18N8S/c19-10-13-1-2-17(21-11-13)26-6-3-14(4-7-26)24-15-9-16(23-12-22-15)25-18-20-5-8-27-18/h1-2,5,8-9,11-12,14H,3-4,6-7H2,(H2,20,22,23,24,25). The van der Waals surface area contributed by atoms with E-state index in [9.17, 15) is 0 Å². The van der Waals surface area contributed by atoms with Crippen LogP contribution in [0.1, 0.15) is 18.4 Å². The molecule has 0 bridgehead atoms. The molecular weight excluding hydrogens is 360 g/mol. The lowest BCUT2D eigenvalue weighted by molar-refractivity contribution is 0.522. The molecule has 1 aliphatic rings. The molecule has 8 nitrogen and oxygen atoms in total. The fraction of sp³-hybridized carbons (Fsp3) is 0.278. The first-order valence-corrected chi connectivity index (χ1v) is 9.54. The van der Waals surface area contributed by atoms with Crippen LogP contribution in [0.5, 0.6) is 0 Å². The first kappa shape index (κ1) is 17.2. The van der Waals surface area contributed by atoms with Crippen LogP contribution in [0, 0.1) is 11.3 Å². The van der Waals surface area contributed by atoms with Gasteiger partial charge in [-0.1, -0.05) is 0 Å². The maximum atomic E-state index is 8.88. The molecule has 0 radical (unpaired) electrons. The molecule has 0 aliphatic carbocycles. The summed E-state index contributed by atoms with van der Waals surface area (Å²) in [5.74, 6) is 2.45. The Kier molecular flexibility index (Phi) is 5.07. The normalized spacial score (nSPS) is 14.6. The maximum Gasteiger partial charge on any atom is 0.188 e. The van der Waals surface area contributed by atoms with Crippen molar-refractivity contribution in [3.05, 3.63) is 47.9 Å². The minimum absolute atomic E-state index is 0.349. The van der Waals surface area contributed by atoms with Gasteiger partial charge in [-0.2, -0.15) is 5.26 Å².